The summed E-state index contributed by atoms with van der Waals surface area (Å²) in [7, 11) is 0. The minimum Gasteiger partial charge on any atom is -0.368 e. The number of carbonyl (C=O) groups is 1. The molecule has 0 saturated carbocycles. The lowest BCUT2D eigenvalue weighted by atomic mass is 9.96. The number of primary amides is 1. The van der Waals surface area contributed by atoms with Crippen LogP contribution in [0.15, 0.2) is 18.2 Å². The molecule has 3 rings (SSSR count). The maximum Gasteiger partial charge on any atom is 0.252 e. The summed E-state index contributed by atoms with van der Waals surface area (Å²) in [6.45, 7) is 2.97. The lowest BCUT2D eigenvalue weighted by Gasteiger charge is -2.39. The summed E-state index contributed by atoms with van der Waals surface area (Å²) >= 11 is 6.19. The smallest absolute Gasteiger partial charge is 0.252 e. The molecule has 2 aliphatic rings. The van der Waals surface area contributed by atoms with Gasteiger partial charge in [-0.2, -0.15) is 0 Å². The van der Waals surface area contributed by atoms with E-state index in [1.54, 1.807) is 6.07 Å². The molecular weight excluding hydrogens is 286 g/mol. The van der Waals surface area contributed by atoms with Gasteiger partial charge in [-0.05, 0) is 44.7 Å². The van der Waals surface area contributed by atoms with Crippen LogP contribution in [0.25, 0.3) is 0 Å². The van der Waals surface area contributed by atoms with Crippen LogP contribution in [0, 0.1) is 0 Å². The average molecular weight is 308 g/mol. The van der Waals surface area contributed by atoms with Gasteiger partial charge in [0, 0.05) is 24.7 Å². The molecule has 4 nitrogen and oxygen atoms in total. The SMILES string of the molecule is CCN(c1cccc(Cl)c1C(N)=O)C1CC2CCC(C1)N2. The van der Waals surface area contributed by atoms with Crippen LogP contribution >= 0.6 is 11.6 Å². The highest BCUT2D eigenvalue weighted by Gasteiger charge is 2.36. The van der Waals surface area contributed by atoms with Crippen molar-refractivity contribution in [3.63, 3.8) is 0 Å². The summed E-state index contributed by atoms with van der Waals surface area (Å²) in [6, 6.07) is 7.25. The van der Waals surface area contributed by atoms with Gasteiger partial charge in [-0.1, -0.05) is 17.7 Å². The van der Waals surface area contributed by atoms with E-state index in [-0.39, 0.29) is 0 Å². The van der Waals surface area contributed by atoms with Crippen LogP contribution in [-0.4, -0.2) is 30.6 Å². The number of nitrogens with zero attached hydrogens (tertiary/aromatic N) is 1. The summed E-state index contributed by atoms with van der Waals surface area (Å²) in [6.07, 6.45) is 4.76. The van der Waals surface area contributed by atoms with Gasteiger partial charge in [-0.25, -0.2) is 0 Å². The van der Waals surface area contributed by atoms with Crippen molar-refractivity contribution >= 4 is 23.2 Å². The van der Waals surface area contributed by atoms with Gasteiger partial charge in [0.15, 0.2) is 0 Å². The van der Waals surface area contributed by atoms with Crippen LogP contribution in [-0.2, 0) is 0 Å². The second-order valence-electron chi connectivity index (χ2n) is 6.05. The van der Waals surface area contributed by atoms with Crippen LogP contribution in [0.2, 0.25) is 5.02 Å². The number of fused-ring (bicyclic) bond motifs is 2. The Morgan fingerprint density at radius 2 is 2.05 bits per heavy atom. The number of benzene rings is 1. The van der Waals surface area contributed by atoms with Crippen LogP contribution in [0.3, 0.4) is 0 Å². The molecule has 0 aromatic heterocycles. The fraction of sp³-hybridized carbons (Fsp3) is 0.562. The van der Waals surface area contributed by atoms with E-state index in [2.05, 4.69) is 17.1 Å². The van der Waals surface area contributed by atoms with E-state index < -0.39 is 5.91 Å². The zero-order chi connectivity index (χ0) is 15.0. The van der Waals surface area contributed by atoms with E-state index >= 15 is 0 Å². The molecule has 2 atom stereocenters. The fourth-order valence-electron chi connectivity index (χ4n) is 3.90. The molecule has 0 radical (unpaired) electrons. The highest BCUT2D eigenvalue weighted by atomic mass is 35.5. The summed E-state index contributed by atoms with van der Waals surface area (Å²) in [5.74, 6) is -0.453. The molecule has 3 N–H and O–H groups in total. The molecule has 2 bridgehead atoms. The first kappa shape index (κ1) is 14.7. The normalized spacial score (nSPS) is 27.6. The topological polar surface area (TPSA) is 58.4 Å². The minimum atomic E-state index is -0.453. The van der Waals surface area contributed by atoms with E-state index in [4.69, 9.17) is 17.3 Å². The van der Waals surface area contributed by atoms with Gasteiger partial charge in [-0.3, -0.25) is 4.79 Å². The highest BCUT2D eigenvalue weighted by Crippen LogP contribution is 2.35. The number of hydrogen-bond donors (Lipinski definition) is 2. The van der Waals surface area contributed by atoms with Crippen LogP contribution < -0.4 is 16.0 Å². The van der Waals surface area contributed by atoms with Crippen molar-refractivity contribution in [2.45, 2.75) is 50.7 Å². The van der Waals surface area contributed by atoms with E-state index in [1.807, 2.05) is 12.1 Å². The Kier molecular flexibility index (Phi) is 4.09. The molecule has 2 fully saturated rings. The number of carbonyl (C=O) groups excluding carboxylic acids is 1. The van der Waals surface area contributed by atoms with Gasteiger partial charge in [0.1, 0.15) is 0 Å². The number of amides is 1. The number of piperidine rings is 1. The average Bonchev–Trinajstić information content (AvgIpc) is 2.78. The molecule has 0 spiro atoms. The van der Waals surface area contributed by atoms with Crippen molar-refractivity contribution in [3.8, 4) is 0 Å². The molecule has 5 heteroatoms. The predicted octanol–water partition coefficient (Wildman–Crippen LogP) is 2.55. The largest absolute Gasteiger partial charge is 0.368 e. The van der Waals surface area contributed by atoms with Crippen molar-refractivity contribution in [2.75, 3.05) is 11.4 Å². The summed E-state index contributed by atoms with van der Waals surface area (Å²) < 4.78 is 0. The summed E-state index contributed by atoms with van der Waals surface area (Å²) in [5.41, 5.74) is 6.87. The molecule has 1 amide bonds. The number of halogens is 1. The third-order valence-corrected chi connectivity index (χ3v) is 5.09. The van der Waals surface area contributed by atoms with Crippen molar-refractivity contribution in [1.29, 1.82) is 0 Å². The Labute approximate surface area is 130 Å². The Bertz CT molecular complexity index is 536. The van der Waals surface area contributed by atoms with Gasteiger partial charge in [0.25, 0.3) is 5.91 Å². The van der Waals surface area contributed by atoms with Crippen LogP contribution in [0.1, 0.15) is 43.0 Å². The lowest BCUT2D eigenvalue weighted by Crippen LogP contribution is -2.48. The molecule has 2 saturated heterocycles. The second kappa shape index (κ2) is 5.85. The summed E-state index contributed by atoms with van der Waals surface area (Å²) in [5, 5.41) is 4.10. The first-order valence-electron chi connectivity index (χ1n) is 7.71. The zero-order valence-corrected chi connectivity index (χ0v) is 13.1. The van der Waals surface area contributed by atoms with Gasteiger partial charge in [0.2, 0.25) is 0 Å². The highest BCUT2D eigenvalue weighted by molar-refractivity contribution is 6.34. The lowest BCUT2D eigenvalue weighted by molar-refractivity contribution is 0.100. The van der Waals surface area contributed by atoms with E-state index in [0.29, 0.717) is 28.7 Å². The predicted molar refractivity (Wildman–Crippen MR) is 86.0 cm³/mol. The third-order valence-electron chi connectivity index (χ3n) is 4.78. The van der Waals surface area contributed by atoms with Gasteiger partial charge in [0.05, 0.1) is 16.3 Å². The van der Waals surface area contributed by atoms with E-state index in [1.165, 1.54) is 12.8 Å². The number of rotatable bonds is 4. The fourth-order valence-corrected chi connectivity index (χ4v) is 4.17. The quantitative estimate of drug-likeness (QED) is 0.899. The van der Waals surface area contributed by atoms with E-state index in [9.17, 15) is 4.79 Å². The van der Waals surface area contributed by atoms with Crippen LogP contribution in [0.4, 0.5) is 5.69 Å². The Balaban J connectivity index is 1.93. The van der Waals surface area contributed by atoms with Crippen molar-refractivity contribution in [3.05, 3.63) is 28.8 Å². The number of nitrogens with one attached hydrogen (secondary N) is 1. The van der Waals surface area contributed by atoms with Gasteiger partial charge < -0.3 is 16.0 Å². The monoisotopic (exact) mass is 307 g/mol. The zero-order valence-electron chi connectivity index (χ0n) is 12.3. The van der Waals surface area contributed by atoms with Crippen molar-refractivity contribution in [1.82, 2.24) is 5.32 Å². The molecule has 2 heterocycles. The maximum atomic E-state index is 11.8. The number of nitrogens with two attached hydrogens (primary N) is 1. The number of hydrogen-bond acceptors (Lipinski definition) is 3. The minimum absolute atomic E-state index is 0.440. The molecule has 114 valence electrons. The molecule has 2 unspecified atom stereocenters. The molecule has 0 aliphatic carbocycles. The van der Waals surface area contributed by atoms with E-state index in [0.717, 1.165) is 25.1 Å². The molecule has 21 heavy (non-hydrogen) atoms. The Morgan fingerprint density at radius 1 is 1.38 bits per heavy atom. The second-order valence-corrected chi connectivity index (χ2v) is 6.45. The molecular formula is C16H22ClN3O. The first-order chi connectivity index (χ1) is 10.1. The van der Waals surface area contributed by atoms with Gasteiger partial charge in [-0.15, -0.1) is 0 Å². The van der Waals surface area contributed by atoms with Crippen molar-refractivity contribution in [2.24, 2.45) is 5.73 Å². The Morgan fingerprint density at radius 3 is 2.62 bits per heavy atom. The maximum absolute atomic E-state index is 11.8. The number of anilines is 1. The Hall–Kier alpha value is -1.26. The standard InChI is InChI=1S/C16H22ClN3O/c1-2-20(12-8-10-6-7-11(9-12)19-10)14-5-3-4-13(17)15(14)16(18)21/h3-5,10-12,19H,2,6-9H2,1H3,(H2,18,21). The molecule has 2 aliphatic heterocycles. The molecule has 1 aromatic rings. The van der Waals surface area contributed by atoms with Gasteiger partial charge >= 0.3 is 0 Å². The third kappa shape index (κ3) is 2.74. The molecule has 1 aromatic carbocycles. The van der Waals surface area contributed by atoms with Crippen molar-refractivity contribution < 1.29 is 4.79 Å². The summed E-state index contributed by atoms with van der Waals surface area (Å²) in [4.78, 5) is 14.1. The van der Waals surface area contributed by atoms with Crippen LogP contribution in [0.5, 0.6) is 0 Å². The first-order valence-corrected chi connectivity index (χ1v) is 8.09.